The number of rotatable bonds is 15. The monoisotopic (exact) mass is 578 g/mol. The Morgan fingerprint density at radius 1 is 0.878 bits per heavy atom. The van der Waals surface area contributed by atoms with Crippen LogP contribution in [0.2, 0.25) is 0 Å². The minimum atomic E-state index is -0.854. The van der Waals surface area contributed by atoms with Gasteiger partial charge in [-0.1, -0.05) is 78.0 Å². The van der Waals surface area contributed by atoms with Crippen LogP contribution >= 0.6 is 12.4 Å². The fraction of sp³-hybridized carbons (Fsp3) is 0.290. The number of nitrogens with one attached hydrogen (secondary N) is 1. The van der Waals surface area contributed by atoms with E-state index in [4.69, 9.17) is 19.7 Å². The lowest BCUT2D eigenvalue weighted by atomic mass is 10.0. The van der Waals surface area contributed by atoms with Gasteiger partial charge in [0.25, 0.3) is 0 Å². The molecule has 4 rings (SSSR count). The van der Waals surface area contributed by atoms with Gasteiger partial charge < -0.3 is 25.0 Å². The summed E-state index contributed by atoms with van der Waals surface area (Å²) < 4.78 is 16.5. The Morgan fingerprint density at radius 3 is 2.24 bits per heavy atom. The molecule has 0 bridgehead atoms. The summed E-state index contributed by atoms with van der Waals surface area (Å²) in [5.41, 5.74) is 8.60. The first-order valence-electron chi connectivity index (χ1n) is 13.4. The highest BCUT2D eigenvalue weighted by molar-refractivity contribution is 5.98. The van der Waals surface area contributed by atoms with Gasteiger partial charge in [0.1, 0.15) is 12.4 Å². The molecular weight excluding hydrogens is 544 g/mol. The number of ketones is 1. The Morgan fingerprint density at radius 2 is 1.56 bits per heavy atom. The SMILES string of the molecule is Cl.NCCCCC(NC(=O)OCc1ccccc1)C(=O)c1noc(Cc2ccc(OCCc3ccccc3)cc2)n1. The summed E-state index contributed by atoms with van der Waals surface area (Å²) in [5, 5.41) is 6.52. The number of unbranched alkanes of at least 4 members (excludes halogenated alkanes) is 1. The maximum absolute atomic E-state index is 13.2. The van der Waals surface area contributed by atoms with Gasteiger partial charge in [0.05, 0.1) is 19.1 Å². The smallest absolute Gasteiger partial charge is 0.408 e. The number of amides is 1. The lowest BCUT2D eigenvalue weighted by molar-refractivity contribution is 0.0896. The predicted octanol–water partition coefficient (Wildman–Crippen LogP) is 5.31. The zero-order valence-electron chi connectivity index (χ0n) is 22.7. The Labute approximate surface area is 245 Å². The highest BCUT2D eigenvalue weighted by Crippen LogP contribution is 2.16. The zero-order valence-corrected chi connectivity index (χ0v) is 23.6. The summed E-state index contributed by atoms with van der Waals surface area (Å²) in [7, 11) is 0. The van der Waals surface area contributed by atoms with Crippen LogP contribution in [-0.2, 0) is 24.2 Å². The molecule has 0 saturated heterocycles. The largest absolute Gasteiger partial charge is 0.493 e. The van der Waals surface area contributed by atoms with E-state index < -0.39 is 17.9 Å². The van der Waals surface area contributed by atoms with Crippen LogP contribution < -0.4 is 15.8 Å². The van der Waals surface area contributed by atoms with Crippen LogP contribution in [0.15, 0.2) is 89.5 Å². The van der Waals surface area contributed by atoms with Crippen LogP contribution in [0.4, 0.5) is 4.79 Å². The van der Waals surface area contributed by atoms with Crippen molar-refractivity contribution in [2.75, 3.05) is 13.2 Å². The molecule has 4 aromatic rings. The molecule has 216 valence electrons. The van der Waals surface area contributed by atoms with Crippen molar-refractivity contribution >= 4 is 24.3 Å². The van der Waals surface area contributed by atoms with E-state index in [-0.39, 0.29) is 24.8 Å². The third-order valence-electron chi connectivity index (χ3n) is 6.24. The number of ether oxygens (including phenoxy) is 2. The minimum absolute atomic E-state index is 0. The van der Waals surface area contributed by atoms with Crippen molar-refractivity contribution in [1.29, 1.82) is 0 Å². The van der Waals surface area contributed by atoms with Gasteiger partial charge in [-0.25, -0.2) is 4.79 Å². The Bertz CT molecular complexity index is 1330. The van der Waals surface area contributed by atoms with Crippen molar-refractivity contribution in [3.05, 3.63) is 113 Å². The van der Waals surface area contributed by atoms with E-state index >= 15 is 0 Å². The topological polar surface area (TPSA) is 130 Å². The van der Waals surface area contributed by atoms with Crippen molar-refractivity contribution in [3.8, 4) is 5.75 Å². The van der Waals surface area contributed by atoms with E-state index in [1.165, 1.54) is 5.56 Å². The average molecular weight is 579 g/mol. The molecule has 1 aromatic heterocycles. The molecule has 1 unspecified atom stereocenters. The minimum Gasteiger partial charge on any atom is -0.493 e. The van der Waals surface area contributed by atoms with Crippen LogP contribution in [0, 0.1) is 0 Å². The van der Waals surface area contributed by atoms with Gasteiger partial charge in [-0.3, -0.25) is 4.79 Å². The van der Waals surface area contributed by atoms with Crippen molar-refractivity contribution in [2.24, 2.45) is 5.73 Å². The number of alkyl carbamates (subject to hydrolysis) is 1. The Hall–Kier alpha value is -4.21. The summed E-state index contributed by atoms with van der Waals surface area (Å²) >= 11 is 0. The molecule has 0 spiro atoms. The molecule has 0 aliphatic heterocycles. The number of hydrogen-bond donors (Lipinski definition) is 2. The second-order valence-electron chi connectivity index (χ2n) is 9.32. The highest BCUT2D eigenvalue weighted by Gasteiger charge is 2.27. The van der Waals surface area contributed by atoms with E-state index in [9.17, 15) is 9.59 Å². The van der Waals surface area contributed by atoms with Crippen molar-refractivity contribution in [3.63, 3.8) is 0 Å². The molecule has 0 aliphatic carbocycles. The van der Waals surface area contributed by atoms with Crippen LogP contribution in [0.25, 0.3) is 0 Å². The third kappa shape index (κ3) is 10.4. The van der Waals surface area contributed by atoms with Gasteiger partial charge in [-0.15, -0.1) is 12.4 Å². The summed E-state index contributed by atoms with van der Waals surface area (Å²) in [5.74, 6) is 0.544. The Balaban J connectivity index is 0.00000462. The maximum atomic E-state index is 13.2. The number of Topliss-reactive ketones (excluding diaryl/α,β-unsaturated/α-hetero) is 1. The fourth-order valence-corrected chi connectivity index (χ4v) is 4.06. The quantitative estimate of drug-likeness (QED) is 0.143. The Kier molecular flexibility index (Phi) is 12.8. The van der Waals surface area contributed by atoms with Gasteiger partial charge in [0, 0.05) is 6.42 Å². The number of benzene rings is 3. The van der Waals surface area contributed by atoms with E-state index in [0.717, 1.165) is 23.3 Å². The number of nitrogens with zero attached hydrogens (tertiary/aromatic N) is 2. The molecule has 3 aromatic carbocycles. The number of halogens is 1. The normalized spacial score (nSPS) is 11.2. The first-order chi connectivity index (χ1) is 19.6. The van der Waals surface area contributed by atoms with Gasteiger partial charge in [0.15, 0.2) is 0 Å². The van der Waals surface area contributed by atoms with E-state index in [0.29, 0.717) is 44.7 Å². The molecule has 41 heavy (non-hydrogen) atoms. The molecule has 0 aliphatic rings. The van der Waals surface area contributed by atoms with Gasteiger partial charge >= 0.3 is 6.09 Å². The second-order valence-corrected chi connectivity index (χ2v) is 9.32. The highest BCUT2D eigenvalue weighted by atomic mass is 35.5. The molecule has 0 saturated carbocycles. The van der Waals surface area contributed by atoms with Crippen molar-refractivity contribution in [1.82, 2.24) is 15.5 Å². The molecule has 10 heteroatoms. The van der Waals surface area contributed by atoms with Crippen LogP contribution in [0.5, 0.6) is 5.75 Å². The second kappa shape index (κ2) is 16.8. The van der Waals surface area contributed by atoms with E-state index in [2.05, 4.69) is 27.6 Å². The molecule has 1 heterocycles. The summed E-state index contributed by atoms with van der Waals surface area (Å²) in [6.07, 6.45) is 2.24. The van der Waals surface area contributed by atoms with Crippen molar-refractivity contribution < 1.29 is 23.6 Å². The maximum Gasteiger partial charge on any atom is 0.408 e. The number of carbonyl (C=O) groups excluding carboxylic acids is 2. The van der Waals surface area contributed by atoms with Crippen LogP contribution in [-0.4, -0.2) is 41.2 Å². The van der Waals surface area contributed by atoms with Gasteiger partial charge in [-0.05, 0) is 54.6 Å². The molecule has 1 atom stereocenters. The van der Waals surface area contributed by atoms with Crippen molar-refractivity contribution in [2.45, 2.75) is 44.8 Å². The summed E-state index contributed by atoms with van der Waals surface area (Å²) in [6, 6.07) is 26.2. The third-order valence-corrected chi connectivity index (χ3v) is 6.24. The van der Waals surface area contributed by atoms with Crippen LogP contribution in [0.3, 0.4) is 0 Å². The number of carbonyl (C=O) groups is 2. The van der Waals surface area contributed by atoms with Gasteiger partial charge in [-0.2, -0.15) is 4.98 Å². The standard InChI is InChI=1S/C31H34N4O5.ClH/c32-19-8-7-13-27(33-31(37)39-22-25-11-5-2-6-12-25)29(36)30-34-28(40-35-30)21-24-14-16-26(17-15-24)38-20-18-23-9-3-1-4-10-23;/h1-6,9-12,14-17,27H,7-8,13,18-22,32H2,(H,33,37);1H. The number of hydrogen-bond acceptors (Lipinski definition) is 8. The summed E-state index contributed by atoms with van der Waals surface area (Å²) in [4.78, 5) is 29.9. The molecule has 0 fully saturated rings. The average Bonchev–Trinajstić information content (AvgIpc) is 3.46. The van der Waals surface area contributed by atoms with Gasteiger partial charge in [0.2, 0.25) is 17.5 Å². The lowest BCUT2D eigenvalue weighted by Gasteiger charge is -2.16. The molecule has 1 amide bonds. The lowest BCUT2D eigenvalue weighted by Crippen LogP contribution is -2.41. The summed E-state index contributed by atoms with van der Waals surface area (Å²) in [6.45, 7) is 1.17. The first kappa shape index (κ1) is 31.3. The molecule has 0 radical (unpaired) electrons. The molecule has 9 nitrogen and oxygen atoms in total. The van der Waals surface area contributed by atoms with E-state index in [1.807, 2.05) is 72.8 Å². The van der Waals surface area contributed by atoms with E-state index in [1.54, 1.807) is 0 Å². The zero-order chi connectivity index (χ0) is 28.0. The molecular formula is C31H35ClN4O5. The number of aromatic nitrogens is 2. The van der Waals surface area contributed by atoms with Crippen LogP contribution in [0.1, 0.15) is 52.5 Å². The molecule has 3 N–H and O–H groups in total. The fourth-order valence-electron chi connectivity index (χ4n) is 4.06. The number of nitrogens with two attached hydrogens (primary N) is 1. The first-order valence-corrected chi connectivity index (χ1v) is 13.4. The predicted molar refractivity (Wildman–Crippen MR) is 157 cm³/mol.